The Labute approximate surface area is 174 Å². The van der Waals surface area contributed by atoms with Gasteiger partial charge < -0.3 is 0 Å². The molecule has 0 saturated carbocycles. The van der Waals surface area contributed by atoms with Crippen LogP contribution in [0.2, 0.25) is 0 Å². The van der Waals surface area contributed by atoms with Crippen molar-refractivity contribution in [3.63, 3.8) is 0 Å². The largest absolute Gasteiger partial charge is 0.0622 e. The van der Waals surface area contributed by atoms with Crippen molar-refractivity contribution in [1.82, 2.24) is 0 Å². The third kappa shape index (κ3) is 2.00. The highest BCUT2D eigenvalue weighted by Crippen LogP contribution is 2.44. The van der Waals surface area contributed by atoms with Crippen LogP contribution >= 0.6 is 0 Å². The van der Waals surface area contributed by atoms with Gasteiger partial charge in [0, 0.05) is 0 Å². The first kappa shape index (κ1) is 16.0. The molecule has 0 atom stereocenters. The summed E-state index contributed by atoms with van der Waals surface area (Å²) in [5.41, 5.74) is 2.57. The van der Waals surface area contributed by atoms with Crippen molar-refractivity contribution in [2.24, 2.45) is 0 Å². The molecule has 0 unspecified atom stereocenters. The van der Waals surface area contributed by atoms with E-state index in [0.29, 0.717) is 0 Å². The van der Waals surface area contributed by atoms with Crippen LogP contribution in [0.5, 0.6) is 0 Å². The molecule has 7 rings (SSSR count). The molecule has 0 bridgehead atoms. The second-order valence-corrected chi connectivity index (χ2v) is 8.13. The monoisotopic (exact) mass is 378 g/mol. The summed E-state index contributed by atoms with van der Waals surface area (Å²) < 4.78 is 0. The molecule has 7 aromatic rings. The number of hydrogen-bond acceptors (Lipinski definition) is 0. The Morgan fingerprint density at radius 1 is 0.333 bits per heavy atom. The van der Waals surface area contributed by atoms with Gasteiger partial charge in [-0.15, -0.1) is 0 Å². The molecule has 0 fully saturated rings. The molecular weight excluding hydrogens is 360 g/mol. The fraction of sp³-hybridized carbons (Fsp3) is 0. The SMILES string of the molecule is c1ccc(-c2cccc3cc4c5cccc6cccc(c7cccc(c23)c74)c65)cc1. The molecule has 0 heteroatoms. The van der Waals surface area contributed by atoms with Crippen molar-refractivity contribution >= 4 is 53.9 Å². The molecule has 0 saturated heterocycles. The summed E-state index contributed by atoms with van der Waals surface area (Å²) in [5.74, 6) is 0. The minimum Gasteiger partial charge on any atom is -0.0622 e. The highest BCUT2D eigenvalue weighted by atomic mass is 14.2. The van der Waals surface area contributed by atoms with E-state index in [2.05, 4.69) is 109 Å². The molecule has 0 spiro atoms. The smallest absolute Gasteiger partial charge is 0.00197 e. The quantitative estimate of drug-likeness (QED) is 0.198. The molecular formula is C30H18. The van der Waals surface area contributed by atoms with Crippen LogP contribution in [0.15, 0.2) is 109 Å². The van der Waals surface area contributed by atoms with Crippen molar-refractivity contribution in [3.05, 3.63) is 109 Å². The van der Waals surface area contributed by atoms with Crippen LogP contribution in [0, 0.1) is 0 Å². The first-order valence-corrected chi connectivity index (χ1v) is 10.5. The van der Waals surface area contributed by atoms with E-state index in [0.717, 1.165) is 0 Å². The molecule has 0 nitrogen and oxygen atoms in total. The van der Waals surface area contributed by atoms with Crippen LogP contribution in [0.25, 0.3) is 65.0 Å². The number of fused-ring (bicyclic) bond motifs is 4. The van der Waals surface area contributed by atoms with E-state index in [-0.39, 0.29) is 0 Å². The summed E-state index contributed by atoms with van der Waals surface area (Å²) in [5, 5.41) is 13.4. The third-order valence-corrected chi connectivity index (χ3v) is 6.57. The van der Waals surface area contributed by atoms with Crippen molar-refractivity contribution in [2.45, 2.75) is 0 Å². The zero-order valence-electron chi connectivity index (χ0n) is 16.4. The third-order valence-electron chi connectivity index (χ3n) is 6.57. The molecule has 0 aliphatic rings. The van der Waals surface area contributed by atoms with Crippen LogP contribution in [-0.2, 0) is 0 Å². The first-order valence-electron chi connectivity index (χ1n) is 10.5. The van der Waals surface area contributed by atoms with Gasteiger partial charge in [-0.1, -0.05) is 103 Å². The fourth-order valence-electron chi connectivity index (χ4n) is 5.35. The highest BCUT2D eigenvalue weighted by Gasteiger charge is 2.16. The summed E-state index contributed by atoms with van der Waals surface area (Å²) in [6.45, 7) is 0. The molecule has 30 heavy (non-hydrogen) atoms. The van der Waals surface area contributed by atoms with Gasteiger partial charge in [-0.3, -0.25) is 0 Å². The van der Waals surface area contributed by atoms with Gasteiger partial charge in [-0.05, 0) is 71.1 Å². The summed E-state index contributed by atoms with van der Waals surface area (Å²) in [6.07, 6.45) is 0. The molecule has 0 heterocycles. The lowest BCUT2D eigenvalue weighted by Crippen LogP contribution is -1.89. The van der Waals surface area contributed by atoms with E-state index >= 15 is 0 Å². The Morgan fingerprint density at radius 2 is 0.933 bits per heavy atom. The fourth-order valence-corrected chi connectivity index (χ4v) is 5.35. The standard InChI is InChI=1S/C30H18/c1-2-8-19(9-3-1)22-13-6-12-21-18-27-25-15-5-11-20-10-4-14-23(28(20)25)24-16-7-17-26(29(21)22)30(24)27/h1-18H. The maximum Gasteiger partial charge on any atom is -0.00197 e. The van der Waals surface area contributed by atoms with Gasteiger partial charge in [-0.2, -0.15) is 0 Å². The Kier molecular flexibility index (Phi) is 3.09. The van der Waals surface area contributed by atoms with E-state index in [9.17, 15) is 0 Å². The summed E-state index contributed by atoms with van der Waals surface area (Å²) in [4.78, 5) is 0. The molecule has 0 aliphatic carbocycles. The van der Waals surface area contributed by atoms with Crippen LogP contribution in [0.1, 0.15) is 0 Å². The molecule has 7 aromatic carbocycles. The molecule has 0 N–H and O–H groups in total. The lowest BCUT2D eigenvalue weighted by molar-refractivity contribution is 1.66. The number of benzene rings is 7. The second-order valence-electron chi connectivity index (χ2n) is 8.13. The Hall–Kier alpha value is -3.90. The minimum absolute atomic E-state index is 1.27. The van der Waals surface area contributed by atoms with Crippen LogP contribution in [0.4, 0.5) is 0 Å². The molecule has 0 aromatic heterocycles. The highest BCUT2D eigenvalue weighted by molar-refractivity contribution is 6.37. The summed E-state index contributed by atoms with van der Waals surface area (Å²) in [7, 11) is 0. The predicted molar refractivity (Wildman–Crippen MR) is 131 cm³/mol. The Balaban J connectivity index is 1.80. The lowest BCUT2D eigenvalue weighted by Gasteiger charge is -2.17. The number of hydrogen-bond donors (Lipinski definition) is 0. The maximum absolute atomic E-state index is 2.40. The normalized spacial score (nSPS) is 12.0. The van der Waals surface area contributed by atoms with Gasteiger partial charge in [0.2, 0.25) is 0 Å². The molecule has 0 amide bonds. The lowest BCUT2D eigenvalue weighted by atomic mass is 9.86. The van der Waals surface area contributed by atoms with Crippen LogP contribution < -0.4 is 0 Å². The van der Waals surface area contributed by atoms with Crippen molar-refractivity contribution in [2.75, 3.05) is 0 Å². The van der Waals surface area contributed by atoms with Crippen molar-refractivity contribution in [1.29, 1.82) is 0 Å². The van der Waals surface area contributed by atoms with Crippen molar-refractivity contribution < 1.29 is 0 Å². The van der Waals surface area contributed by atoms with E-state index in [1.165, 1.54) is 65.0 Å². The van der Waals surface area contributed by atoms with Gasteiger partial charge >= 0.3 is 0 Å². The average Bonchev–Trinajstić information content (AvgIpc) is 2.82. The van der Waals surface area contributed by atoms with E-state index < -0.39 is 0 Å². The van der Waals surface area contributed by atoms with E-state index in [4.69, 9.17) is 0 Å². The van der Waals surface area contributed by atoms with E-state index in [1.807, 2.05) is 0 Å². The van der Waals surface area contributed by atoms with Crippen molar-refractivity contribution in [3.8, 4) is 11.1 Å². The molecule has 0 radical (unpaired) electrons. The number of rotatable bonds is 1. The average molecular weight is 378 g/mol. The summed E-state index contributed by atoms with van der Waals surface area (Å²) in [6, 6.07) is 40.0. The molecule has 0 aliphatic heterocycles. The predicted octanol–water partition coefficient (Wildman–Crippen LogP) is 8.56. The Bertz CT molecular complexity index is 1720. The van der Waals surface area contributed by atoms with Gasteiger partial charge in [0.1, 0.15) is 0 Å². The van der Waals surface area contributed by atoms with Gasteiger partial charge in [0.15, 0.2) is 0 Å². The zero-order chi connectivity index (χ0) is 19.7. The van der Waals surface area contributed by atoms with E-state index in [1.54, 1.807) is 0 Å². The topological polar surface area (TPSA) is 0 Å². The summed E-state index contributed by atoms with van der Waals surface area (Å²) >= 11 is 0. The zero-order valence-corrected chi connectivity index (χ0v) is 16.4. The first-order chi connectivity index (χ1) is 14.9. The Morgan fingerprint density at radius 3 is 1.73 bits per heavy atom. The second kappa shape index (κ2) is 5.81. The van der Waals surface area contributed by atoms with Crippen LogP contribution in [0.3, 0.4) is 0 Å². The van der Waals surface area contributed by atoms with Gasteiger partial charge in [0.05, 0.1) is 0 Å². The van der Waals surface area contributed by atoms with Gasteiger partial charge in [-0.25, -0.2) is 0 Å². The maximum atomic E-state index is 2.40. The van der Waals surface area contributed by atoms with Gasteiger partial charge in [0.25, 0.3) is 0 Å². The minimum atomic E-state index is 1.27. The van der Waals surface area contributed by atoms with Crippen LogP contribution in [-0.4, -0.2) is 0 Å². The molecule has 138 valence electrons.